The van der Waals surface area contributed by atoms with E-state index in [9.17, 15) is 0 Å². The number of benzene rings is 7. The predicted octanol–water partition coefficient (Wildman–Crippen LogP) is 13.4. The zero-order valence-electron chi connectivity index (χ0n) is 31.1. The van der Waals surface area contributed by atoms with Crippen molar-refractivity contribution >= 4 is 76.1 Å². The number of nitrogens with zero attached hydrogens (tertiary/aromatic N) is 5. The second kappa shape index (κ2) is 12.8. The summed E-state index contributed by atoms with van der Waals surface area (Å²) in [5.41, 5.74) is 13.0. The van der Waals surface area contributed by atoms with E-state index in [1.165, 1.54) is 0 Å². The summed E-state index contributed by atoms with van der Waals surface area (Å²) in [7, 11) is 0. The number of pyridine rings is 5. The molecule has 5 heterocycles. The normalized spacial score (nSPS) is 11.8. The highest BCUT2D eigenvalue weighted by Crippen LogP contribution is 2.43. The molecule has 0 spiro atoms. The van der Waals surface area contributed by atoms with Gasteiger partial charge in [-0.25, -0.2) is 15.0 Å². The van der Waals surface area contributed by atoms with E-state index in [-0.39, 0.29) is 0 Å². The van der Waals surface area contributed by atoms with Gasteiger partial charge in [-0.05, 0) is 87.3 Å². The molecule has 0 unspecified atom stereocenters. The highest BCUT2D eigenvalue weighted by atomic mass is 14.8. The molecule has 0 saturated heterocycles. The molecule has 0 aliphatic carbocycles. The number of fused-ring (bicyclic) bond motifs is 8. The highest BCUT2D eigenvalue weighted by Gasteiger charge is 2.19. The molecule has 0 saturated carbocycles. The summed E-state index contributed by atoms with van der Waals surface area (Å²) in [6.07, 6.45) is 3.68. The summed E-state index contributed by atoms with van der Waals surface area (Å²) < 4.78 is 0. The third-order valence-corrected chi connectivity index (χ3v) is 11.5. The van der Waals surface area contributed by atoms with Gasteiger partial charge in [-0.2, -0.15) is 0 Å². The van der Waals surface area contributed by atoms with Crippen LogP contribution in [0.15, 0.2) is 188 Å². The minimum Gasteiger partial charge on any atom is -0.256 e. The molecule has 0 fully saturated rings. The van der Waals surface area contributed by atoms with Gasteiger partial charge in [0.1, 0.15) is 0 Å². The first-order valence-corrected chi connectivity index (χ1v) is 19.5. The summed E-state index contributed by atoms with van der Waals surface area (Å²) in [5, 5.41) is 10.0. The summed E-state index contributed by atoms with van der Waals surface area (Å²) in [6, 6.07) is 61.9. The van der Waals surface area contributed by atoms with Crippen LogP contribution in [-0.2, 0) is 0 Å². The minimum atomic E-state index is 0.910. The Hall–Kier alpha value is -7.89. The number of aromatic nitrogens is 5. The number of para-hydroxylation sites is 1. The van der Waals surface area contributed by atoms with Crippen molar-refractivity contribution in [2.75, 3.05) is 0 Å². The topological polar surface area (TPSA) is 64.5 Å². The number of rotatable bonds is 4. The average Bonchev–Trinajstić information content (AvgIpc) is 3.29. The molecule has 0 N–H and O–H groups in total. The van der Waals surface area contributed by atoms with Crippen LogP contribution < -0.4 is 0 Å². The molecule has 12 aromatic rings. The van der Waals surface area contributed by atoms with Gasteiger partial charge in [0.15, 0.2) is 0 Å². The fraction of sp³-hybridized carbons (Fsp3) is 0. The maximum absolute atomic E-state index is 5.33. The zero-order chi connectivity index (χ0) is 38.2. The van der Waals surface area contributed by atoms with E-state index < -0.39 is 0 Å². The van der Waals surface area contributed by atoms with E-state index in [4.69, 9.17) is 19.9 Å². The van der Waals surface area contributed by atoms with Gasteiger partial charge in [0, 0.05) is 56.0 Å². The summed E-state index contributed by atoms with van der Waals surface area (Å²) in [5.74, 6) is 0. The molecule has 0 radical (unpaired) electrons. The lowest BCUT2D eigenvalue weighted by Crippen LogP contribution is -1.95. The van der Waals surface area contributed by atoms with E-state index in [2.05, 4.69) is 169 Å². The molecule has 0 aliphatic rings. The van der Waals surface area contributed by atoms with Crippen LogP contribution in [0.25, 0.3) is 121 Å². The fourth-order valence-corrected chi connectivity index (χ4v) is 8.75. The first kappa shape index (κ1) is 32.4. The average molecular weight is 738 g/mol. The Labute approximate surface area is 333 Å². The maximum atomic E-state index is 5.33. The summed E-state index contributed by atoms with van der Waals surface area (Å²) in [6.45, 7) is 0. The second-order valence-corrected chi connectivity index (χ2v) is 14.8. The molecule has 0 atom stereocenters. The predicted molar refractivity (Wildman–Crippen MR) is 240 cm³/mol. The van der Waals surface area contributed by atoms with Crippen molar-refractivity contribution in [1.82, 2.24) is 24.9 Å². The van der Waals surface area contributed by atoms with Crippen molar-refractivity contribution in [3.8, 4) is 44.9 Å². The van der Waals surface area contributed by atoms with Gasteiger partial charge in [-0.15, -0.1) is 0 Å². The van der Waals surface area contributed by atoms with Crippen LogP contribution in [0, 0.1) is 0 Å². The van der Waals surface area contributed by atoms with Crippen molar-refractivity contribution in [3.05, 3.63) is 188 Å². The first-order valence-electron chi connectivity index (χ1n) is 19.5. The van der Waals surface area contributed by atoms with E-state index in [1.54, 1.807) is 0 Å². The van der Waals surface area contributed by atoms with E-state index >= 15 is 0 Å². The van der Waals surface area contributed by atoms with Crippen LogP contribution >= 0.6 is 0 Å². The molecule has 58 heavy (non-hydrogen) atoms. The van der Waals surface area contributed by atoms with Gasteiger partial charge in [-0.1, -0.05) is 121 Å². The molecule has 0 amide bonds. The lowest BCUT2D eigenvalue weighted by Gasteiger charge is -2.17. The molecule has 5 heteroatoms. The monoisotopic (exact) mass is 737 g/mol. The lowest BCUT2D eigenvalue weighted by atomic mass is 9.88. The highest BCUT2D eigenvalue weighted by molar-refractivity contribution is 6.21. The third-order valence-electron chi connectivity index (χ3n) is 11.5. The van der Waals surface area contributed by atoms with Gasteiger partial charge >= 0.3 is 0 Å². The summed E-state index contributed by atoms with van der Waals surface area (Å²) in [4.78, 5) is 25.1. The molecule has 12 rings (SSSR count). The molecule has 0 aliphatic heterocycles. The van der Waals surface area contributed by atoms with Gasteiger partial charge in [0.2, 0.25) is 0 Å². The second-order valence-electron chi connectivity index (χ2n) is 14.8. The zero-order valence-corrected chi connectivity index (χ0v) is 31.1. The van der Waals surface area contributed by atoms with E-state index in [1.807, 2.05) is 24.5 Å². The van der Waals surface area contributed by atoms with Crippen LogP contribution in [0.4, 0.5) is 0 Å². The van der Waals surface area contributed by atoms with Gasteiger partial charge < -0.3 is 0 Å². The quantitative estimate of drug-likeness (QED) is 0.133. The molecule has 7 aromatic carbocycles. The van der Waals surface area contributed by atoms with E-state index in [0.717, 1.165) is 121 Å². The van der Waals surface area contributed by atoms with Crippen molar-refractivity contribution < 1.29 is 0 Å². The van der Waals surface area contributed by atoms with Crippen LogP contribution in [0.1, 0.15) is 0 Å². The third kappa shape index (κ3) is 5.14. The van der Waals surface area contributed by atoms with Gasteiger partial charge in [0.05, 0.1) is 44.7 Å². The van der Waals surface area contributed by atoms with Gasteiger partial charge in [0.25, 0.3) is 0 Å². The Kier molecular flexibility index (Phi) is 7.16. The first-order chi connectivity index (χ1) is 28.7. The number of hydrogen-bond donors (Lipinski definition) is 0. The van der Waals surface area contributed by atoms with Crippen molar-refractivity contribution in [3.63, 3.8) is 0 Å². The van der Waals surface area contributed by atoms with Crippen LogP contribution in [0.5, 0.6) is 0 Å². The minimum absolute atomic E-state index is 0.910. The fourth-order valence-electron chi connectivity index (χ4n) is 8.75. The Morgan fingerprint density at radius 3 is 1.38 bits per heavy atom. The van der Waals surface area contributed by atoms with Crippen LogP contribution in [-0.4, -0.2) is 24.9 Å². The van der Waals surface area contributed by atoms with Crippen molar-refractivity contribution in [1.29, 1.82) is 0 Å². The standard InChI is InChI=1S/C53H31N5/c1-3-13-41-39(11-1)49(40-12-2-4-14-42(40)50(41)48-26-18-34-17-16-33-10-7-29-55-52(33)53(34)58-48)47-27-22-38-31-36(20-24-45(38)57-47)35-19-23-44-37(30-35)21-25-46(56-44)43-15-5-8-32-9-6-28-54-51(32)43/h1-31H. The Bertz CT molecular complexity index is 3590. The molecular weight excluding hydrogens is 707 g/mol. The van der Waals surface area contributed by atoms with E-state index in [0.29, 0.717) is 0 Å². The Morgan fingerprint density at radius 2 is 0.759 bits per heavy atom. The largest absolute Gasteiger partial charge is 0.256 e. The molecule has 5 nitrogen and oxygen atoms in total. The SMILES string of the molecule is c1cnc2c(-c3ccc4cc(-c5ccc6nc(-c7c8ccccc8c(-c8ccc9ccc%10cccnc%10c9n8)c8ccccc78)ccc6c5)ccc4n3)cccc2c1. The van der Waals surface area contributed by atoms with Gasteiger partial charge in [-0.3, -0.25) is 9.97 Å². The molecule has 0 bridgehead atoms. The smallest absolute Gasteiger partial charge is 0.0972 e. The molecule has 5 aromatic heterocycles. The molecular formula is C53H31N5. The Balaban J connectivity index is 0.947. The van der Waals surface area contributed by atoms with Crippen LogP contribution in [0.2, 0.25) is 0 Å². The Morgan fingerprint density at radius 1 is 0.293 bits per heavy atom. The number of hydrogen-bond acceptors (Lipinski definition) is 5. The van der Waals surface area contributed by atoms with Crippen molar-refractivity contribution in [2.24, 2.45) is 0 Å². The van der Waals surface area contributed by atoms with Crippen molar-refractivity contribution in [2.45, 2.75) is 0 Å². The maximum Gasteiger partial charge on any atom is 0.0972 e. The molecule has 268 valence electrons. The lowest BCUT2D eigenvalue weighted by molar-refractivity contribution is 1.37. The van der Waals surface area contributed by atoms with Crippen LogP contribution in [0.3, 0.4) is 0 Å². The summed E-state index contributed by atoms with van der Waals surface area (Å²) >= 11 is 0.